The van der Waals surface area contributed by atoms with Gasteiger partial charge in [0, 0.05) is 6.54 Å². The van der Waals surface area contributed by atoms with Crippen molar-refractivity contribution in [3.8, 4) is 0 Å². The number of likely N-dealkylation sites (tertiary alicyclic amines) is 1. The maximum Gasteiger partial charge on any atom is 0.312 e. The Balaban J connectivity index is 1.76. The molecule has 0 N–H and O–H groups in total. The lowest BCUT2D eigenvalue weighted by Crippen LogP contribution is -2.40. The maximum atomic E-state index is 12.7. The van der Waals surface area contributed by atoms with E-state index in [2.05, 4.69) is 6.92 Å². The van der Waals surface area contributed by atoms with Crippen molar-refractivity contribution in [1.82, 2.24) is 4.90 Å². The first-order valence-corrected chi connectivity index (χ1v) is 8.31. The first kappa shape index (κ1) is 15.5. The molecule has 0 aromatic rings. The second-order valence-corrected chi connectivity index (χ2v) is 7.04. The second-order valence-electron chi connectivity index (χ2n) is 7.04. The van der Waals surface area contributed by atoms with Crippen molar-refractivity contribution in [2.75, 3.05) is 19.7 Å². The predicted octanol–water partition coefficient (Wildman–Crippen LogP) is 1.77. The zero-order valence-corrected chi connectivity index (χ0v) is 13.6. The summed E-state index contributed by atoms with van der Waals surface area (Å²) in [5.41, 5.74) is -0.600. The smallest absolute Gasteiger partial charge is 0.312 e. The van der Waals surface area contributed by atoms with Crippen molar-refractivity contribution in [3.63, 3.8) is 0 Å². The molecule has 3 aliphatic heterocycles. The highest BCUT2D eigenvalue weighted by Crippen LogP contribution is 2.52. The van der Waals surface area contributed by atoms with Crippen molar-refractivity contribution >= 4 is 11.9 Å². The molecule has 2 fully saturated rings. The zero-order valence-electron chi connectivity index (χ0n) is 13.6. The summed E-state index contributed by atoms with van der Waals surface area (Å²) in [6.45, 7) is 7.80. The molecule has 2 saturated heterocycles. The lowest BCUT2D eigenvalue weighted by atomic mass is 9.77. The van der Waals surface area contributed by atoms with E-state index >= 15 is 0 Å². The van der Waals surface area contributed by atoms with Crippen LogP contribution in [-0.4, -0.2) is 48.2 Å². The standard InChI is InChI=1S/C17H25NO4/c1-4-5-8-18-10-17-7-6-12(22-17)13(14(17)15(18)19)16(20)21-9-11(2)3/h6-7,11-14H,4-5,8-10H2,1-3H3/t12-,13-,14+,17-/m1/s1. The number of carbonyl (C=O) groups is 2. The number of amides is 1. The number of esters is 1. The van der Waals surface area contributed by atoms with E-state index < -0.39 is 17.4 Å². The molecule has 3 aliphatic rings. The molecule has 0 aromatic heterocycles. The molecular formula is C17H25NO4. The summed E-state index contributed by atoms with van der Waals surface area (Å²) >= 11 is 0. The van der Waals surface area contributed by atoms with Gasteiger partial charge in [-0.1, -0.05) is 39.3 Å². The van der Waals surface area contributed by atoms with E-state index in [4.69, 9.17) is 9.47 Å². The Hall–Kier alpha value is -1.36. The summed E-state index contributed by atoms with van der Waals surface area (Å²) in [7, 11) is 0. The molecule has 5 nitrogen and oxygen atoms in total. The maximum absolute atomic E-state index is 12.7. The number of hydrogen-bond donors (Lipinski definition) is 0. The molecule has 1 amide bonds. The van der Waals surface area contributed by atoms with Crippen LogP contribution in [0.25, 0.3) is 0 Å². The third kappa shape index (κ3) is 2.35. The van der Waals surface area contributed by atoms with E-state index in [1.165, 1.54) is 0 Å². The van der Waals surface area contributed by atoms with E-state index in [1.807, 2.05) is 30.9 Å². The van der Waals surface area contributed by atoms with Gasteiger partial charge < -0.3 is 14.4 Å². The average Bonchev–Trinajstić information content (AvgIpc) is 3.11. The van der Waals surface area contributed by atoms with Crippen LogP contribution in [0.4, 0.5) is 0 Å². The Bertz CT molecular complexity index is 501. The van der Waals surface area contributed by atoms with Crippen LogP contribution in [0.3, 0.4) is 0 Å². The minimum absolute atomic E-state index is 0.0480. The van der Waals surface area contributed by atoms with Crippen molar-refractivity contribution in [3.05, 3.63) is 12.2 Å². The fourth-order valence-corrected chi connectivity index (χ4v) is 3.73. The van der Waals surface area contributed by atoms with Gasteiger partial charge in [0.15, 0.2) is 0 Å². The highest BCUT2D eigenvalue weighted by Gasteiger charge is 2.67. The Kier molecular flexibility index (Phi) is 4.02. The van der Waals surface area contributed by atoms with Crippen molar-refractivity contribution in [2.24, 2.45) is 17.8 Å². The fourth-order valence-electron chi connectivity index (χ4n) is 3.73. The van der Waals surface area contributed by atoms with E-state index in [-0.39, 0.29) is 23.9 Å². The Labute approximate surface area is 131 Å². The second kappa shape index (κ2) is 5.69. The number of nitrogens with zero attached hydrogens (tertiary/aromatic N) is 1. The first-order chi connectivity index (χ1) is 10.5. The quantitative estimate of drug-likeness (QED) is 0.554. The molecular weight excluding hydrogens is 282 g/mol. The van der Waals surface area contributed by atoms with Gasteiger partial charge >= 0.3 is 5.97 Å². The number of fused-ring (bicyclic) bond motifs is 1. The largest absolute Gasteiger partial charge is 0.465 e. The summed E-state index contributed by atoms with van der Waals surface area (Å²) in [6, 6.07) is 0. The monoisotopic (exact) mass is 307 g/mol. The Morgan fingerprint density at radius 3 is 3.00 bits per heavy atom. The van der Waals surface area contributed by atoms with Gasteiger partial charge in [-0.05, 0) is 12.3 Å². The van der Waals surface area contributed by atoms with E-state index in [9.17, 15) is 9.59 Å². The van der Waals surface area contributed by atoms with Crippen LogP contribution in [0, 0.1) is 17.8 Å². The zero-order chi connectivity index (χ0) is 15.9. The van der Waals surface area contributed by atoms with Crippen LogP contribution in [0.1, 0.15) is 33.6 Å². The molecule has 0 saturated carbocycles. The molecule has 5 heteroatoms. The summed E-state index contributed by atoms with van der Waals surface area (Å²) in [4.78, 5) is 27.0. The van der Waals surface area contributed by atoms with Crippen LogP contribution >= 0.6 is 0 Å². The molecule has 2 bridgehead atoms. The van der Waals surface area contributed by atoms with E-state index in [0.29, 0.717) is 13.2 Å². The summed E-state index contributed by atoms with van der Waals surface area (Å²) < 4.78 is 11.4. The number of hydrogen-bond acceptors (Lipinski definition) is 4. The van der Waals surface area contributed by atoms with Crippen LogP contribution in [0.5, 0.6) is 0 Å². The Morgan fingerprint density at radius 2 is 2.32 bits per heavy atom. The molecule has 22 heavy (non-hydrogen) atoms. The number of unbranched alkanes of at least 4 members (excludes halogenated alkanes) is 1. The summed E-state index contributed by atoms with van der Waals surface area (Å²) in [6.07, 6.45) is 5.62. The number of carbonyl (C=O) groups excluding carboxylic acids is 2. The fraction of sp³-hybridized carbons (Fsp3) is 0.765. The normalized spacial score (nSPS) is 35.5. The van der Waals surface area contributed by atoms with Crippen molar-refractivity contribution < 1.29 is 19.1 Å². The summed E-state index contributed by atoms with van der Waals surface area (Å²) in [5, 5.41) is 0. The molecule has 4 atom stereocenters. The molecule has 122 valence electrons. The predicted molar refractivity (Wildman–Crippen MR) is 81.0 cm³/mol. The van der Waals surface area contributed by atoms with E-state index in [0.717, 1.165) is 19.4 Å². The van der Waals surface area contributed by atoms with Crippen molar-refractivity contribution in [1.29, 1.82) is 0 Å². The molecule has 3 heterocycles. The van der Waals surface area contributed by atoms with E-state index in [1.54, 1.807) is 0 Å². The third-order valence-corrected chi connectivity index (χ3v) is 4.79. The molecule has 1 spiro atoms. The topological polar surface area (TPSA) is 55.8 Å². The number of rotatable bonds is 6. The Morgan fingerprint density at radius 1 is 1.55 bits per heavy atom. The molecule has 0 unspecified atom stereocenters. The first-order valence-electron chi connectivity index (χ1n) is 8.31. The molecule has 0 aromatic carbocycles. The van der Waals surface area contributed by atoms with Crippen molar-refractivity contribution in [2.45, 2.75) is 45.3 Å². The third-order valence-electron chi connectivity index (χ3n) is 4.79. The van der Waals surface area contributed by atoms with Gasteiger partial charge in [0.2, 0.25) is 5.91 Å². The molecule has 0 radical (unpaired) electrons. The molecule has 0 aliphatic carbocycles. The molecule has 3 rings (SSSR count). The van der Waals surface area contributed by atoms with Crippen LogP contribution in [0.2, 0.25) is 0 Å². The highest BCUT2D eigenvalue weighted by molar-refractivity contribution is 5.91. The van der Waals surface area contributed by atoms with Crippen LogP contribution in [-0.2, 0) is 19.1 Å². The highest BCUT2D eigenvalue weighted by atomic mass is 16.6. The number of ether oxygens (including phenoxy) is 2. The van der Waals surface area contributed by atoms with Gasteiger partial charge in [0.25, 0.3) is 0 Å². The van der Waals surface area contributed by atoms with Gasteiger partial charge in [-0.15, -0.1) is 0 Å². The van der Waals surface area contributed by atoms with Crippen LogP contribution in [0.15, 0.2) is 12.2 Å². The minimum atomic E-state index is -0.600. The van der Waals surface area contributed by atoms with Gasteiger partial charge in [-0.2, -0.15) is 0 Å². The minimum Gasteiger partial charge on any atom is -0.465 e. The SMILES string of the molecule is CCCCN1C[C@@]23C=C[C@@H](O2)[C@@H](C(=O)OCC(C)C)[C@H]3C1=O. The summed E-state index contributed by atoms with van der Waals surface area (Å²) in [5.74, 6) is -0.845. The average molecular weight is 307 g/mol. The van der Waals surface area contributed by atoms with Gasteiger partial charge in [-0.25, -0.2) is 0 Å². The lowest BCUT2D eigenvalue weighted by Gasteiger charge is -2.23. The van der Waals surface area contributed by atoms with Gasteiger partial charge in [0.05, 0.1) is 25.2 Å². The van der Waals surface area contributed by atoms with Gasteiger partial charge in [0.1, 0.15) is 11.5 Å². The van der Waals surface area contributed by atoms with Crippen LogP contribution < -0.4 is 0 Å². The van der Waals surface area contributed by atoms with Gasteiger partial charge in [-0.3, -0.25) is 9.59 Å². The lowest BCUT2D eigenvalue weighted by molar-refractivity contribution is -0.154.